The maximum atomic E-state index is 12.6. The number of primary amides is 1. The van der Waals surface area contributed by atoms with E-state index in [0.717, 1.165) is 0 Å². The fraction of sp³-hybridized carbons (Fsp3) is 0.429. The van der Waals surface area contributed by atoms with Crippen LogP contribution in [0.3, 0.4) is 0 Å². The molecule has 15 nitrogen and oxygen atoms in total. The van der Waals surface area contributed by atoms with Crippen molar-refractivity contribution in [3.05, 3.63) is 29.8 Å². The van der Waals surface area contributed by atoms with Crippen LogP contribution in [0.5, 0.6) is 5.75 Å². The summed E-state index contributed by atoms with van der Waals surface area (Å²) in [7, 11) is 0. The molecule has 36 heavy (non-hydrogen) atoms. The predicted molar refractivity (Wildman–Crippen MR) is 128 cm³/mol. The van der Waals surface area contributed by atoms with Crippen molar-refractivity contribution in [1.29, 1.82) is 0 Å². The molecule has 4 amide bonds. The van der Waals surface area contributed by atoms with Crippen LogP contribution in [-0.4, -0.2) is 77.0 Å². The SMILES string of the molecule is NC(=O)CC(NC(=O)CNC(=O)C(N)Cc1ccc(O)cc1)C(=O)NC(CCCN=C(N)N)C(=O)O. The molecule has 0 heterocycles. The molecule has 0 aliphatic carbocycles. The van der Waals surface area contributed by atoms with Crippen molar-refractivity contribution >= 4 is 35.6 Å². The average molecular weight is 509 g/mol. The van der Waals surface area contributed by atoms with Gasteiger partial charge in [-0.1, -0.05) is 12.1 Å². The van der Waals surface area contributed by atoms with Gasteiger partial charge in [0.25, 0.3) is 0 Å². The minimum Gasteiger partial charge on any atom is -0.508 e. The molecule has 0 bridgehead atoms. The van der Waals surface area contributed by atoms with Gasteiger partial charge in [0.05, 0.1) is 19.0 Å². The van der Waals surface area contributed by atoms with E-state index in [1.165, 1.54) is 12.1 Å². The lowest BCUT2D eigenvalue weighted by Crippen LogP contribution is -2.54. The van der Waals surface area contributed by atoms with Crippen molar-refractivity contribution in [1.82, 2.24) is 16.0 Å². The van der Waals surface area contributed by atoms with Crippen LogP contribution in [0.2, 0.25) is 0 Å². The highest BCUT2D eigenvalue weighted by molar-refractivity contribution is 5.95. The molecule has 0 aliphatic heterocycles. The number of hydrogen-bond acceptors (Lipinski definition) is 8. The van der Waals surface area contributed by atoms with E-state index in [9.17, 15) is 34.2 Å². The van der Waals surface area contributed by atoms with Gasteiger partial charge in [0, 0.05) is 6.54 Å². The van der Waals surface area contributed by atoms with Crippen LogP contribution >= 0.6 is 0 Å². The van der Waals surface area contributed by atoms with E-state index in [1.54, 1.807) is 12.1 Å². The Morgan fingerprint density at radius 2 is 1.58 bits per heavy atom. The van der Waals surface area contributed by atoms with E-state index in [2.05, 4.69) is 20.9 Å². The lowest BCUT2D eigenvalue weighted by atomic mass is 10.1. The number of aromatic hydroxyl groups is 1. The van der Waals surface area contributed by atoms with Crippen molar-refractivity contribution in [2.75, 3.05) is 13.1 Å². The first kappa shape index (κ1) is 29.6. The summed E-state index contributed by atoms with van der Waals surface area (Å²) in [6.07, 6.45) is -0.255. The second-order valence-corrected chi connectivity index (χ2v) is 7.83. The smallest absolute Gasteiger partial charge is 0.326 e. The Morgan fingerprint density at radius 1 is 0.944 bits per heavy atom. The van der Waals surface area contributed by atoms with Gasteiger partial charge in [-0.15, -0.1) is 0 Å². The standard InChI is InChI=1S/C21H32N8O7/c22-13(8-11-3-5-12(30)6-4-11)18(33)27-10-17(32)28-15(9-16(23)31)19(34)29-14(20(35)36)2-1-7-26-21(24)25/h3-6,13-15,30H,1-2,7-10,22H2,(H2,23,31)(H,27,33)(H,28,32)(H,29,34)(H,35,36)(H4,24,25,26). The average Bonchev–Trinajstić information content (AvgIpc) is 2.79. The maximum absolute atomic E-state index is 12.6. The number of rotatable bonds is 15. The van der Waals surface area contributed by atoms with Crippen LogP contribution in [0.4, 0.5) is 0 Å². The van der Waals surface area contributed by atoms with Gasteiger partial charge < -0.3 is 49.1 Å². The Kier molecular flexibility index (Phi) is 12.2. The molecule has 1 rings (SSSR count). The lowest BCUT2D eigenvalue weighted by molar-refractivity contribution is -0.142. The summed E-state index contributed by atoms with van der Waals surface area (Å²) in [5.74, 6) is -4.80. The second-order valence-electron chi connectivity index (χ2n) is 7.83. The van der Waals surface area contributed by atoms with Crippen LogP contribution in [0, 0.1) is 0 Å². The van der Waals surface area contributed by atoms with Crippen LogP contribution in [0.1, 0.15) is 24.8 Å². The lowest BCUT2D eigenvalue weighted by Gasteiger charge is -2.21. The number of aliphatic carboxylic acids is 1. The number of amides is 4. The highest BCUT2D eigenvalue weighted by Gasteiger charge is 2.28. The molecule has 0 aliphatic rings. The first-order chi connectivity index (χ1) is 16.9. The van der Waals surface area contributed by atoms with Gasteiger partial charge in [-0.3, -0.25) is 24.2 Å². The molecule has 13 N–H and O–H groups in total. The molecule has 0 saturated carbocycles. The summed E-state index contributed by atoms with van der Waals surface area (Å²) in [4.78, 5) is 63.6. The third-order valence-corrected chi connectivity index (χ3v) is 4.77. The Labute approximate surface area is 206 Å². The van der Waals surface area contributed by atoms with Crippen LogP contribution < -0.4 is 38.9 Å². The molecule has 3 unspecified atom stereocenters. The molecular formula is C21H32N8O7. The predicted octanol–water partition coefficient (Wildman–Crippen LogP) is -3.64. The fourth-order valence-electron chi connectivity index (χ4n) is 2.97. The van der Waals surface area contributed by atoms with E-state index in [4.69, 9.17) is 22.9 Å². The summed E-state index contributed by atoms with van der Waals surface area (Å²) >= 11 is 0. The van der Waals surface area contributed by atoms with Crippen molar-refractivity contribution in [2.24, 2.45) is 27.9 Å². The highest BCUT2D eigenvalue weighted by atomic mass is 16.4. The third-order valence-electron chi connectivity index (χ3n) is 4.77. The number of benzene rings is 1. The Balaban J connectivity index is 2.65. The van der Waals surface area contributed by atoms with E-state index in [-0.39, 0.29) is 37.5 Å². The number of carboxylic acid groups (broad SMARTS) is 1. The number of carbonyl (C=O) groups is 5. The molecule has 1 aromatic carbocycles. The second kappa shape index (κ2) is 14.8. The van der Waals surface area contributed by atoms with Crippen molar-refractivity contribution in [3.8, 4) is 5.75 Å². The first-order valence-corrected chi connectivity index (χ1v) is 10.9. The molecule has 1 aromatic rings. The Bertz CT molecular complexity index is 964. The quantitative estimate of drug-likeness (QED) is 0.0636. The van der Waals surface area contributed by atoms with Gasteiger partial charge in [0.15, 0.2) is 5.96 Å². The van der Waals surface area contributed by atoms with Gasteiger partial charge in [-0.05, 0) is 37.0 Å². The van der Waals surface area contributed by atoms with Crippen LogP contribution in [-0.2, 0) is 30.4 Å². The van der Waals surface area contributed by atoms with Gasteiger partial charge in [-0.2, -0.15) is 0 Å². The molecule has 0 saturated heterocycles. The number of nitrogens with two attached hydrogens (primary N) is 4. The summed E-state index contributed by atoms with van der Waals surface area (Å²) < 4.78 is 0. The molecule has 15 heteroatoms. The monoisotopic (exact) mass is 508 g/mol. The summed E-state index contributed by atoms with van der Waals surface area (Å²) in [6, 6.07) is 2.25. The Hall–Kier alpha value is -4.40. The largest absolute Gasteiger partial charge is 0.508 e. The zero-order valence-corrected chi connectivity index (χ0v) is 19.5. The summed E-state index contributed by atoms with van der Waals surface area (Å²) in [6.45, 7) is -0.427. The normalized spacial score (nSPS) is 12.9. The number of guanidine groups is 1. The zero-order chi connectivity index (χ0) is 27.3. The molecule has 3 atom stereocenters. The number of carbonyl (C=O) groups excluding carboxylic acids is 4. The molecule has 0 spiro atoms. The first-order valence-electron chi connectivity index (χ1n) is 10.9. The third kappa shape index (κ3) is 11.6. The molecular weight excluding hydrogens is 476 g/mol. The molecule has 0 fully saturated rings. The van der Waals surface area contributed by atoms with E-state index in [1.807, 2.05) is 0 Å². The van der Waals surface area contributed by atoms with Crippen molar-refractivity contribution in [3.63, 3.8) is 0 Å². The number of aliphatic imine (C=N–C) groups is 1. The Morgan fingerprint density at radius 3 is 2.14 bits per heavy atom. The van der Waals surface area contributed by atoms with Crippen molar-refractivity contribution < 1.29 is 34.2 Å². The highest BCUT2D eigenvalue weighted by Crippen LogP contribution is 2.10. The molecule has 198 valence electrons. The fourth-order valence-corrected chi connectivity index (χ4v) is 2.97. The number of nitrogens with one attached hydrogen (secondary N) is 3. The zero-order valence-electron chi connectivity index (χ0n) is 19.5. The number of nitrogens with zero attached hydrogens (tertiary/aromatic N) is 1. The van der Waals surface area contributed by atoms with Gasteiger partial charge in [-0.25, -0.2) is 4.79 Å². The number of carboxylic acids is 1. The maximum Gasteiger partial charge on any atom is 0.326 e. The van der Waals surface area contributed by atoms with Crippen LogP contribution in [0.15, 0.2) is 29.3 Å². The van der Waals surface area contributed by atoms with E-state index >= 15 is 0 Å². The minimum absolute atomic E-state index is 0.0237. The van der Waals surface area contributed by atoms with Crippen LogP contribution in [0.25, 0.3) is 0 Å². The summed E-state index contributed by atoms with van der Waals surface area (Å²) in [5.41, 5.74) is 22.1. The van der Waals surface area contributed by atoms with Gasteiger partial charge in [0.2, 0.25) is 23.6 Å². The van der Waals surface area contributed by atoms with E-state index in [0.29, 0.717) is 5.56 Å². The topological polar surface area (TPSA) is 278 Å². The number of phenols is 1. The van der Waals surface area contributed by atoms with Gasteiger partial charge >= 0.3 is 5.97 Å². The number of hydrogen-bond donors (Lipinski definition) is 9. The van der Waals surface area contributed by atoms with Crippen molar-refractivity contribution in [2.45, 2.75) is 43.8 Å². The number of phenolic OH excluding ortho intramolecular Hbond substituents is 1. The van der Waals surface area contributed by atoms with E-state index < -0.39 is 60.7 Å². The summed E-state index contributed by atoms with van der Waals surface area (Å²) in [5, 5.41) is 25.4. The molecule has 0 radical (unpaired) electrons. The minimum atomic E-state index is -1.47. The molecule has 0 aromatic heterocycles. The van der Waals surface area contributed by atoms with Gasteiger partial charge in [0.1, 0.15) is 17.8 Å².